The van der Waals surface area contributed by atoms with Gasteiger partial charge in [-0.2, -0.15) is 0 Å². The summed E-state index contributed by atoms with van der Waals surface area (Å²) in [6, 6.07) is 0. The maximum atomic E-state index is 4.44. The number of hydrogen-bond acceptors (Lipinski definition) is 1. The Morgan fingerprint density at radius 2 is 1.60 bits per heavy atom. The fourth-order valence-electron chi connectivity index (χ4n) is 1.58. The van der Waals surface area contributed by atoms with Crippen LogP contribution in [0, 0.1) is 0 Å². The smallest absolute Gasteiger partial charge is 0.0441 e. The minimum atomic E-state index is 0.926. The molecular formula is C19H25N. The molecule has 0 aliphatic rings. The number of aliphatic imine (C=N–C) groups is 1. The van der Waals surface area contributed by atoms with Crippen molar-refractivity contribution in [2.75, 3.05) is 0 Å². The Hall–Kier alpha value is -2.15. The van der Waals surface area contributed by atoms with E-state index in [0.29, 0.717) is 0 Å². The highest BCUT2D eigenvalue weighted by molar-refractivity contribution is 6.00. The molecule has 0 aromatic heterocycles. The van der Waals surface area contributed by atoms with Crippen molar-refractivity contribution in [2.45, 2.75) is 27.7 Å². The van der Waals surface area contributed by atoms with Gasteiger partial charge in [0, 0.05) is 11.9 Å². The van der Waals surface area contributed by atoms with E-state index in [2.05, 4.69) is 18.2 Å². The molecule has 0 bridgehead atoms. The number of allylic oxidation sites excluding steroid dienone is 11. The zero-order valence-electron chi connectivity index (χ0n) is 13.1. The van der Waals surface area contributed by atoms with Crippen molar-refractivity contribution in [3.63, 3.8) is 0 Å². The molecule has 1 heteroatoms. The van der Waals surface area contributed by atoms with Gasteiger partial charge in [-0.25, -0.2) is 0 Å². The quantitative estimate of drug-likeness (QED) is 0.412. The summed E-state index contributed by atoms with van der Waals surface area (Å²) in [6.07, 6.45) is 17.4. The van der Waals surface area contributed by atoms with Crippen molar-refractivity contribution < 1.29 is 0 Å². The van der Waals surface area contributed by atoms with Crippen LogP contribution in [-0.2, 0) is 0 Å². The van der Waals surface area contributed by atoms with Crippen LogP contribution in [0.4, 0.5) is 0 Å². The fourth-order valence-corrected chi connectivity index (χ4v) is 1.58. The maximum Gasteiger partial charge on any atom is 0.0441 e. The van der Waals surface area contributed by atoms with Crippen LogP contribution >= 0.6 is 0 Å². The minimum Gasteiger partial charge on any atom is -0.261 e. The molecule has 0 aliphatic carbocycles. The van der Waals surface area contributed by atoms with Crippen LogP contribution in [0.2, 0.25) is 0 Å². The second-order valence-corrected chi connectivity index (χ2v) is 4.14. The van der Waals surface area contributed by atoms with E-state index >= 15 is 0 Å². The van der Waals surface area contributed by atoms with Gasteiger partial charge in [-0.05, 0) is 50.5 Å². The molecule has 0 spiro atoms. The van der Waals surface area contributed by atoms with E-state index in [4.69, 9.17) is 0 Å². The van der Waals surface area contributed by atoms with Gasteiger partial charge in [0.1, 0.15) is 0 Å². The molecule has 106 valence electrons. The van der Waals surface area contributed by atoms with Gasteiger partial charge >= 0.3 is 0 Å². The summed E-state index contributed by atoms with van der Waals surface area (Å²) in [5.74, 6) is 0. The Labute approximate surface area is 123 Å². The number of rotatable bonds is 7. The van der Waals surface area contributed by atoms with Crippen LogP contribution in [0.5, 0.6) is 0 Å². The molecule has 0 heterocycles. The van der Waals surface area contributed by atoms with Crippen LogP contribution in [0.3, 0.4) is 0 Å². The topological polar surface area (TPSA) is 12.4 Å². The Morgan fingerprint density at radius 3 is 2.10 bits per heavy atom. The Kier molecular flexibility index (Phi) is 9.59. The Bertz CT molecular complexity index is 506. The molecule has 0 rings (SSSR count). The summed E-state index contributed by atoms with van der Waals surface area (Å²) in [7, 11) is 0. The zero-order valence-corrected chi connectivity index (χ0v) is 13.1. The Balaban J connectivity index is 4.92. The first kappa shape index (κ1) is 17.8. The van der Waals surface area contributed by atoms with Gasteiger partial charge in [0.25, 0.3) is 0 Å². The van der Waals surface area contributed by atoms with Gasteiger partial charge in [-0.15, -0.1) is 0 Å². The average molecular weight is 267 g/mol. The molecule has 0 radical (unpaired) electrons. The molecular weight excluding hydrogens is 242 g/mol. The van der Waals surface area contributed by atoms with Gasteiger partial charge in [0.2, 0.25) is 0 Å². The lowest BCUT2D eigenvalue weighted by Gasteiger charge is -2.00. The van der Waals surface area contributed by atoms with Crippen molar-refractivity contribution in [2.24, 2.45) is 4.99 Å². The molecule has 0 atom stereocenters. The fraction of sp³-hybridized carbons (Fsp3) is 0.211. The largest absolute Gasteiger partial charge is 0.261 e. The first-order valence-electron chi connectivity index (χ1n) is 6.75. The van der Waals surface area contributed by atoms with Crippen LogP contribution < -0.4 is 0 Å². The SMILES string of the molecule is C=C/C=C\C(=C/C)C(=C)\C=C/N=C(C)\C(\C=C/C)=C\C. The molecule has 0 unspecified atom stereocenters. The summed E-state index contributed by atoms with van der Waals surface area (Å²) in [4.78, 5) is 4.44. The second kappa shape index (κ2) is 10.7. The number of nitrogens with zero attached hydrogens (tertiary/aromatic N) is 1. The highest BCUT2D eigenvalue weighted by Crippen LogP contribution is 2.11. The van der Waals surface area contributed by atoms with E-state index in [9.17, 15) is 0 Å². The number of hydrogen-bond donors (Lipinski definition) is 0. The van der Waals surface area contributed by atoms with Gasteiger partial charge in [-0.1, -0.05) is 55.7 Å². The third-order valence-electron chi connectivity index (χ3n) is 2.71. The summed E-state index contributed by atoms with van der Waals surface area (Å²) in [5, 5.41) is 0. The second-order valence-electron chi connectivity index (χ2n) is 4.14. The minimum absolute atomic E-state index is 0.926. The molecule has 0 saturated carbocycles. The first-order chi connectivity index (χ1) is 9.60. The molecule has 0 fully saturated rings. The van der Waals surface area contributed by atoms with Crippen molar-refractivity contribution >= 4 is 5.71 Å². The predicted molar refractivity (Wildman–Crippen MR) is 93.1 cm³/mol. The van der Waals surface area contributed by atoms with E-state index in [1.54, 1.807) is 12.3 Å². The normalized spacial score (nSPS) is 14.7. The summed E-state index contributed by atoms with van der Waals surface area (Å²) in [6.45, 7) is 15.7. The van der Waals surface area contributed by atoms with Crippen LogP contribution in [0.15, 0.2) is 89.7 Å². The summed E-state index contributed by atoms with van der Waals surface area (Å²) >= 11 is 0. The Morgan fingerprint density at radius 1 is 0.950 bits per heavy atom. The summed E-state index contributed by atoms with van der Waals surface area (Å²) < 4.78 is 0. The van der Waals surface area contributed by atoms with Crippen LogP contribution in [0.25, 0.3) is 0 Å². The van der Waals surface area contributed by atoms with Crippen molar-refractivity contribution in [1.29, 1.82) is 0 Å². The lowest BCUT2D eigenvalue weighted by atomic mass is 10.1. The lowest BCUT2D eigenvalue weighted by Crippen LogP contribution is -1.93. The third-order valence-corrected chi connectivity index (χ3v) is 2.71. The molecule has 0 aromatic rings. The van der Waals surface area contributed by atoms with Crippen LogP contribution in [-0.4, -0.2) is 5.71 Å². The molecule has 20 heavy (non-hydrogen) atoms. The monoisotopic (exact) mass is 267 g/mol. The molecule has 0 N–H and O–H groups in total. The zero-order chi connectivity index (χ0) is 15.4. The molecule has 1 nitrogen and oxygen atoms in total. The van der Waals surface area contributed by atoms with Crippen molar-refractivity contribution in [3.8, 4) is 0 Å². The van der Waals surface area contributed by atoms with E-state index in [1.807, 2.05) is 70.2 Å². The molecule has 0 amide bonds. The summed E-state index contributed by atoms with van der Waals surface area (Å²) in [5.41, 5.74) is 4.10. The molecule has 0 saturated heterocycles. The van der Waals surface area contributed by atoms with E-state index in [0.717, 1.165) is 22.4 Å². The van der Waals surface area contributed by atoms with Gasteiger partial charge in [0.05, 0.1) is 0 Å². The highest BCUT2D eigenvalue weighted by atomic mass is 14.7. The van der Waals surface area contributed by atoms with Gasteiger partial charge in [-0.3, -0.25) is 4.99 Å². The van der Waals surface area contributed by atoms with E-state index in [1.165, 1.54) is 0 Å². The van der Waals surface area contributed by atoms with Gasteiger partial charge in [0.15, 0.2) is 0 Å². The predicted octanol–water partition coefficient (Wildman–Crippen LogP) is 5.73. The van der Waals surface area contributed by atoms with Gasteiger partial charge < -0.3 is 0 Å². The van der Waals surface area contributed by atoms with Crippen molar-refractivity contribution in [3.05, 3.63) is 84.7 Å². The lowest BCUT2D eigenvalue weighted by molar-refractivity contribution is 1.45. The van der Waals surface area contributed by atoms with Crippen molar-refractivity contribution in [1.82, 2.24) is 0 Å². The standard InChI is InChI=1S/C19H25N/c1-7-11-13-18(9-3)16(5)14-15-20-17(6)19(10-4)12-8-2/h7-15H,1,5H2,2-4,6H3/b12-8-,13-11-,15-14-,18-9+,19-10+,20-17-. The third kappa shape index (κ3) is 6.69. The average Bonchev–Trinajstić information content (AvgIpc) is 2.45. The molecule has 0 aliphatic heterocycles. The van der Waals surface area contributed by atoms with E-state index < -0.39 is 0 Å². The molecule has 0 aromatic carbocycles. The van der Waals surface area contributed by atoms with E-state index in [-0.39, 0.29) is 0 Å². The highest BCUT2D eigenvalue weighted by Gasteiger charge is 1.95. The maximum absolute atomic E-state index is 4.44. The first-order valence-corrected chi connectivity index (χ1v) is 6.75. The van der Waals surface area contributed by atoms with Crippen LogP contribution in [0.1, 0.15) is 27.7 Å².